The molecule has 0 atom stereocenters. The van der Waals surface area contributed by atoms with Crippen molar-refractivity contribution >= 4 is 5.91 Å². The Morgan fingerprint density at radius 3 is 2.44 bits per heavy atom. The Kier molecular flexibility index (Phi) is 5.42. The van der Waals surface area contributed by atoms with Crippen LogP contribution in [0.1, 0.15) is 17.3 Å². The Morgan fingerprint density at radius 1 is 1.06 bits per heavy atom. The molecule has 0 aliphatic carbocycles. The first kappa shape index (κ1) is 12.0. The summed E-state index contributed by atoms with van der Waals surface area (Å²) in [5, 5.41) is 2.68. The van der Waals surface area contributed by atoms with Gasteiger partial charge in [-0.3, -0.25) is 4.79 Å². The summed E-state index contributed by atoms with van der Waals surface area (Å²) >= 11 is 0. The molecule has 1 rings (SSSR count). The summed E-state index contributed by atoms with van der Waals surface area (Å²) in [6.07, 6.45) is 11.0. The van der Waals surface area contributed by atoms with Gasteiger partial charge in [-0.15, -0.1) is 0 Å². The molecule has 16 heavy (non-hydrogen) atoms. The highest BCUT2D eigenvalue weighted by atomic mass is 16.1. The van der Waals surface area contributed by atoms with Crippen molar-refractivity contribution in [2.45, 2.75) is 6.92 Å². The number of carbonyl (C=O) groups is 1. The number of carbonyl (C=O) groups excluding carboxylic acids is 1. The number of allylic oxidation sites excluding steroid dienone is 5. The van der Waals surface area contributed by atoms with E-state index in [1.165, 1.54) is 0 Å². The third kappa shape index (κ3) is 4.42. The third-order valence-electron chi connectivity index (χ3n) is 1.87. The van der Waals surface area contributed by atoms with Gasteiger partial charge >= 0.3 is 0 Å². The maximum Gasteiger partial charge on any atom is 0.255 e. The number of nitrogens with one attached hydrogen (secondary N) is 1. The van der Waals surface area contributed by atoms with Gasteiger partial charge in [-0.05, 0) is 25.1 Å². The molecule has 0 unspecified atom stereocenters. The van der Waals surface area contributed by atoms with Crippen molar-refractivity contribution in [2.24, 2.45) is 0 Å². The first-order chi connectivity index (χ1) is 7.84. The molecule has 1 N–H and O–H groups in total. The third-order valence-corrected chi connectivity index (χ3v) is 1.87. The van der Waals surface area contributed by atoms with E-state index in [0.717, 1.165) is 0 Å². The lowest BCUT2D eigenvalue weighted by Crippen LogP contribution is -2.16. The number of hydrogen-bond donors (Lipinski definition) is 1. The molecule has 1 aromatic rings. The summed E-state index contributed by atoms with van der Waals surface area (Å²) in [5.74, 6) is -0.101. The molecule has 0 aromatic heterocycles. The monoisotopic (exact) mass is 213 g/mol. The van der Waals surface area contributed by atoms with Gasteiger partial charge in [0.2, 0.25) is 0 Å². The molecule has 0 bridgehead atoms. The van der Waals surface area contributed by atoms with E-state index in [0.29, 0.717) is 5.56 Å². The molecule has 0 radical (unpaired) electrons. The zero-order valence-electron chi connectivity index (χ0n) is 9.26. The molecule has 2 nitrogen and oxygen atoms in total. The number of rotatable bonds is 4. The fourth-order valence-electron chi connectivity index (χ4n) is 1.09. The normalized spacial score (nSPS) is 11.6. The zero-order chi connectivity index (χ0) is 11.6. The van der Waals surface area contributed by atoms with Crippen LogP contribution in [0.25, 0.3) is 0 Å². The average molecular weight is 213 g/mol. The van der Waals surface area contributed by atoms with E-state index in [2.05, 4.69) is 5.32 Å². The molecular weight excluding hydrogens is 198 g/mol. The van der Waals surface area contributed by atoms with Crippen LogP contribution in [0.5, 0.6) is 0 Å². The molecule has 0 saturated heterocycles. The molecule has 0 aliphatic rings. The molecule has 0 saturated carbocycles. The molecule has 1 aromatic carbocycles. The van der Waals surface area contributed by atoms with Gasteiger partial charge in [0.1, 0.15) is 0 Å². The zero-order valence-corrected chi connectivity index (χ0v) is 9.26. The Bertz CT molecular complexity index is 402. The lowest BCUT2D eigenvalue weighted by Gasteiger charge is -1.97. The van der Waals surface area contributed by atoms with Crippen LogP contribution in [0.4, 0.5) is 0 Å². The maximum atomic E-state index is 11.5. The maximum absolute atomic E-state index is 11.5. The van der Waals surface area contributed by atoms with Crippen LogP contribution in [0, 0.1) is 0 Å². The van der Waals surface area contributed by atoms with Gasteiger partial charge in [-0.2, -0.15) is 0 Å². The first-order valence-corrected chi connectivity index (χ1v) is 5.15. The highest BCUT2D eigenvalue weighted by Crippen LogP contribution is 1.97. The van der Waals surface area contributed by atoms with Crippen molar-refractivity contribution in [2.75, 3.05) is 0 Å². The number of amides is 1. The predicted octanol–water partition coefficient (Wildman–Crippen LogP) is 3.06. The summed E-state index contributed by atoms with van der Waals surface area (Å²) in [5.41, 5.74) is 0.657. The largest absolute Gasteiger partial charge is 0.329 e. The van der Waals surface area contributed by atoms with Gasteiger partial charge in [-0.25, -0.2) is 0 Å². The van der Waals surface area contributed by atoms with Crippen molar-refractivity contribution in [1.82, 2.24) is 5.32 Å². The second-order valence-corrected chi connectivity index (χ2v) is 3.11. The van der Waals surface area contributed by atoms with Crippen molar-refractivity contribution in [3.63, 3.8) is 0 Å². The van der Waals surface area contributed by atoms with Crippen LogP contribution < -0.4 is 5.32 Å². The summed E-state index contributed by atoms with van der Waals surface area (Å²) in [4.78, 5) is 11.5. The van der Waals surface area contributed by atoms with Gasteiger partial charge in [0.15, 0.2) is 0 Å². The van der Waals surface area contributed by atoms with Crippen LogP contribution in [0.15, 0.2) is 66.9 Å². The minimum Gasteiger partial charge on any atom is -0.329 e. The van der Waals surface area contributed by atoms with E-state index < -0.39 is 0 Å². The van der Waals surface area contributed by atoms with E-state index in [1.54, 1.807) is 24.4 Å². The van der Waals surface area contributed by atoms with Gasteiger partial charge in [0, 0.05) is 11.8 Å². The Morgan fingerprint density at radius 2 is 1.75 bits per heavy atom. The lowest BCUT2D eigenvalue weighted by molar-refractivity contribution is 0.0970. The van der Waals surface area contributed by atoms with Crippen LogP contribution in [0.2, 0.25) is 0 Å². The highest BCUT2D eigenvalue weighted by molar-refractivity contribution is 5.94. The molecule has 0 aliphatic heterocycles. The number of hydrogen-bond acceptors (Lipinski definition) is 1. The van der Waals surface area contributed by atoms with E-state index in [9.17, 15) is 4.79 Å². The Balaban J connectivity index is 2.42. The topological polar surface area (TPSA) is 29.1 Å². The minimum absolute atomic E-state index is 0.101. The van der Waals surface area contributed by atoms with Crippen molar-refractivity contribution in [3.05, 3.63) is 72.5 Å². The summed E-state index contributed by atoms with van der Waals surface area (Å²) in [7, 11) is 0. The summed E-state index contributed by atoms with van der Waals surface area (Å²) < 4.78 is 0. The van der Waals surface area contributed by atoms with Gasteiger partial charge in [0.25, 0.3) is 5.91 Å². The van der Waals surface area contributed by atoms with Crippen LogP contribution in [-0.2, 0) is 0 Å². The van der Waals surface area contributed by atoms with Gasteiger partial charge < -0.3 is 5.32 Å². The second-order valence-electron chi connectivity index (χ2n) is 3.11. The van der Waals surface area contributed by atoms with E-state index in [1.807, 2.05) is 49.4 Å². The highest BCUT2D eigenvalue weighted by Gasteiger charge is 1.99. The summed E-state index contributed by atoms with van der Waals surface area (Å²) in [6.45, 7) is 1.95. The Labute approximate surface area is 96.0 Å². The molecule has 0 fully saturated rings. The standard InChI is InChI=1S/C14H15NO/c1-2-3-4-5-9-12-15-14(16)13-10-7-6-8-11-13/h2-12H,1H3,(H,15,16)/b3-2-,5-4-,12-9+. The molecular formula is C14H15NO. The first-order valence-electron chi connectivity index (χ1n) is 5.15. The van der Waals surface area contributed by atoms with Gasteiger partial charge in [-0.1, -0.05) is 42.5 Å². The molecule has 0 spiro atoms. The van der Waals surface area contributed by atoms with E-state index >= 15 is 0 Å². The predicted molar refractivity (Wildman–Crippen MR) is 67.0 cm³/mol. The Hall–Kier alpha value is -2.09. The van der Waals surface area contributed by atoms with Gasteiger partial charge in [0.05, 0.1) is 0 Å². The van der Waals surface area contributed by atoms with Crippen molar-refractivity contribution in [1.29, 1.82) is 0 Å². The molecule has 2 heteroatoms. The van der Waals surface area contributed by atoms with Crippen molar-refractivity contribution < 1.29 is 4.79 Å². The number of benzene rings is 1. The van der Waals surface area contributed by atoms with Crippen LogP contribution in [-0.4, -0.2) is 5.91 Å². The molecule has 82 valence electrons. The average Bonchev–Trinajstić information content (AvgIpc) is 2.34. The van der Waals surface area contributed by atoms with Crippen LogP contribution >= 0.6 is 0 Å². The summed E-state index contributed by atoms with van der Waals surface area (Å²) in [6, 6.07) is 9.11. The molecule has 1 amide bonds. The van der Waals surface area contributed by atoms with E-state index in [4.69, 9.17) is 0 Å². The smallest absolute Gasteiger partial charge is 0.255 e. The fraction of sp³-hybridized carbons (Fsp3) is 0.0714. The lowest BCUT2D eigenvalue weighted by atomic mass is 10.2. The van der Waals surface area contributed by atoms with Crippen molar-refractivity contribution in [3.8, 4) is 0 Å². The van der Waals surface area contributed by atoms with E-state index in [-0.39, 0.29) is 5.91 Å². The fourth-order valence-corrected chi connectivity index (χ4v) is 1.09. The minimum atomic E-state index is -0.101. The second kappa shape index (κ2) is 7.23. The SMILES string of the molecule is C\C=C/C=C\C=C\NC(=O)c1ccccc1. The quantitative estimate of drug-likeness (QED) is 0.765. The molecule has 0 heterocycles. The van der Waals surface area contributed by atoms with Crippen LogP contribution in [0.3, 0.4) is 0 Å².